The molecule has 0 fully saturated rings. The van der Waals surface area contributed by atoms with Crippen molar-refractivity contribution in [1.29, 1.82) is 0 Å². The van der Waals surface area contributed by atoms with E-state index in [-0.39, 0.29) is 0 Å². The Morgan fingerprint density at radius 2 is 2.06 bits per heavy atom. The van der Waals surface area contributed by atoms with Crippen molar-refractivity contribution in [3.63, 3.8) is 0 Å². The van der Waals surface area contributed by atoms with Gasteiger partial charge in [-0.25, -0.2) is 0 Å². The normalized spacial score (nSPS) is 13.7. The standard InChI is InChI=1S/C14H14N2O/c1-16-13(9-17)8-14(15-16)12-6-5-10-3-2-4-11(10)7-12/h5-9H,2-4H2,1H3. The van der Waals surface area contributed by atoms with E-state index in [0.717, 1.165) is 24.0 Å². The zero-order valence-corrected chi connectivity index (χ0v) is 9.81. The first kappa shape index (κ1) is 10.3. The molecule has 1 aromatic heterocycles. The molecule has 0 aliphatic heterocycles. The molecule has 0 bridgehead atoms. The number of aldehydes is 1. The minimum absolute atomic E-state index is 0.612. The Labute approximate surface area is 100 Å². The highest BCUT2D eigenvalue weighted by Gasteiger charge is 2.13. The highest BCUT2D eigenvalue weighted by molar-refractivity contribution is 5.76. The lowest BCUT2D eigenvalue weighted by molar-refractivity contribution is 0.111. The number of carbonyl (C=O) groups excluding carboxylic acids is 1. The van der Waals surface area contributed by atoms with Crippen LogP contribution in [0.5, 0.6) is 0 Å². The van der Waals surface area contributed by atoms with Crippen LogP contribution in [0.2, 0.25) is 0 Å². The van der Waals surface area contributed by atoms with Gasteiger partial charge in [0.1, 0.15) is 5.69 Å². The van der Waals surface area contributed by atoms with Crippen LogP contribution in [0, 0.1) is 0 Å². The zero-order valence-electron chi connectivity index (χ0n) is 9.81. The summed E-state index contributed by atoms with van der Waals surface area (Å²) < 4.78 is 1.62. The van der Waals surface area contributed by atoms with E-state index in [1.165, 1.54) is 24.0 Å². The van der Waals surface area contributed by atoms with Crippen LogP contribution in [0.1, 0.15) is 28.0 Å². The van der Waals surface area contributed by atoms with E-state index in [1.54, 1.807) is 11.7 Å². The summed E-state index contributed by atoms with van der Waals surface area (Å²) in [5.74, 6) is 0. The van der Waals surface area contributed by atoms with E-state index in [4.69, 9.17) is 0 Å². The molecule has 1 aliphatic carbocycles. The SMILES string of the molecule is Cn1nc(-c2ccc3c(c2)CCC3)cc1C=O. The molecule has 1 aromatic carbocycles. The quantitative estimate of drug-likeness (QED) is 0.737. The minimum atomic E-state index is 0.612. The Bertz CT molecular complexity index is 584. The molecule has 3 rings (SSSR count). The fourth-order valence-electron chi connectivity index (χ4n) is 2.46. The molecule has 0 unspecified atom stereocenters. The fraction of sp³-hybridized carbons (Fsp3) is 0.286. The molecule has 86 valence electrons. The molecule has 3 nitrogen and oxygen atoms in total. The van der Waals surface area contributed by atoms with Gasteiger partial charge in [-0.15, -0.1) is 0 Å². The van der Waals surface area contributed by atoms with Gasteiger partial charge >= 0.3 is 0 Å². The van der Waals surface area contributed by atoms with Gasteiger partial charge in [0.2, 0.25) is 0 Å². The average Bonchev–Trinajstić information content (AvgIpc) is 2.93. The van der Waals surface area contributed by atoms with Gasteiger partial charge in [-0.05, 0) is 42.5 Å². The number of aromatic nitrogens is 2. The Balaban J connectivity index is 2.06. The smallest absolute Gasteiger partial charge is 0.168 e. The summed E-state index contributed by atoms with van der Waals surface area (Å²) in [6.45, 7) is 0. The van der Waals surface area contributed by atoms with Gasteiger partial charge in [-0.2, -0.15) is 5.10 Å². The highest BCUT2D eigenvalue weighted by atomic mass is 16.1. The number of carbonyl (C=O) groups is 1. The lowest BCUT2D eigenvalue weighted by atomic mass is 10.0. The second-order valence-corrected chi connectivity index (χ2v) is 4.53. The lowest BCUT2D eigenvalue weighted by Crippen LogP contribution is -1.95. The van der Waals surface area contributed by atoms with Crippen LogP contribution in [-0.2, 0) is 19.9 Å². The van der Waals surface area contributed by atoms with Crippen LogP contribution in [0.4, 0.5) is 0 Å². The van der Waals surface area contributed by atoms with Crippen LogP contribution in [0.3, 0.4) is 0 Å². The largest absolute Gasteiger partial charge is 0.296 e. The van der Waals surface area contributed by atoms with E-state index < -0.39 is 0 Å². The summed E-state index contributed by atoms with van der Waals surface area (Å²) in [4.78, 5) is 10.8. The van der Waals surface area contributed by atoms with Crippen molar-refractivity contribution in [3.8, 4) is 11.3 Å². The van der Waals surface area contributed by atoms with E-state index in [2.05, 4.69) is 23.3 Å². The van der Waals surface area contributed by atoms with Gasteiger partial charge in [0, 0.05) is 12.6 Å². The van der Waals surface area contributed by atoms with Gasteiger partial charge in [0.15, 0.2) is 6.29 Å². The van der Waals surface area contributed by atoms with Crippen molar-refractivity contribution in [1.82, 2.24) is 9.78 Å². The number of aryl methyl sites for hydroxylation is 3. The maximum Gasteiger partial charge on any atom is 0.168 e. The Morgan fingerprint density at radius 3 is 2.82 bits per heavy atom. The van der Waals surface area contributed by atoms with Crippen LogP contribution in [-0.4, -0.2) is 16.1 Å². The molecular weight excluding hydrogens is 212 g/mol. The lowest BCUT2D eigenvalue weighted by Gasteiger charge is -2.01. The number of fused-ring (bicyclic) bond motifs is 1. The maximum atomic E-state index is 10.8. The van der Waals surface area contributed by atoms with Gasteiger partial charge in [-0.1, -0.05) is 12.1 Å². The molecule has 0 spiro atoms. The summed E-state index contributed by atoms with van der Waals surface area (Å²) >= 11 is 0. The molecule has 0 N–H and O–H groups in total. The van der Waals surface area contributed by atoms with E-state index in [1.807, 2.05) is 6.07 Å². The number of hydrogen-bond donors (Lipinski definition) is 0. The number of nitrogens with zero attached hydrogens (tertiary/aromatic N) is 2. The Morgan fingerprint density at radius 1 is 1.24 bits per heavy atom. The van der Waals surface area contributed by atoms with Crippen molar-refractivity contribution < 1.29 is 4.79 Å². The molecule has 3 heteroatoms. The third-order valence-electron chi connectivity index (χ3n) is 3.43. The molecule has 0 saturated heterocycles. The molecule has 2 aromatic rings. The monoisotopic (exact) mass is 226 g/mol. The first-order valence-electron chi connectivity index (χ1n) is 5.89. The number of rotatable bonds is 2. The van der Waals surface area contributed by atoms with Crippen LogP contribution in [0.15, 0.2) is 24.3 Å². The third kappa shape index (κ3) is 1.68. The van der Waals surface area contributed by atoms with Gasteiger partial charge in [0.05, 0.1) is 5.69 Å². The van der Waals surface area contributed by atoms with Crippen LogP contribution >= 0.6 is 0 Å². The molecule has 0 amide bonds. The predicted octanol–water partition coefficient (Wildman–Crippen LogP) is 2.39. The van der Waals surface area contributed by atoms with Crippen molar-refractivity contribution in [2.45, 2.75) is 19.3 Å². The highest BCUT2D eigenvalue weighted by Crippen LogP contribution is 2.27. The topological polar surface area (TPSA) is 34.9 Å². The summed E-state index contributed by atoms with van der Waals surface area (Å²) in [5, 5.41) is 4.36. The molecular formula is C14H14N2O. The second kappa shape index (κ2) is 3.84. The fourth-order valence-corrected chi connectivity index (χ4v) is 2.46. The van der Waals surface area contributed by atoms with Crippen LogP contribution in [0.25, 0.3) is 11.3 Å². The predicted molar refractivity (Wildman–Crippen MR) is 66.1 cm³/mol. The molecule has 1 aliphatic rings. The van der Waals surface area contributed by atoms with Gasteiger partial charge in [0.25, 0.3) is 0 Å². The maximum absolute atomic E-state index is 10.8. The van der Waals surface area contributed by atoms with Gasteiger partial charge < -0.3 is 0 Å². The van der Waals surface area contributed by atoms with Crippen molar-refractivity contribution in [2.75, 3.05) is 0 Å². The summed E-state index contributed by atoms with van der Waals surface area (Å²) in [7, 11) is 1.79. The molecule has 0 saturated carbocycles. The minimum Gasteiger partial charge on any atom is -0.296 e. The first-order valence-corrected chi connectivity index (χ1v) is 5.89. The molecule has 0 radical (unpaired) electrons. The van der Waals surface area contributed by atoms with Crippen molar-refractivity contribution >= 4 is 6.29 Å². The average molecular weight is 226 g/mol. The second-order valence-electron chi connectivity index (χ2n) is 4.53. The van der Waals surface area contributed by atoms with Crippen LogP contribution < -0.4 is 0 Å². The van der Waals surface area contributed by atoms with Crippen molar-refractivity contribution in [3.05, 3.63) is 41.1 Å². The van der Waals surface area contributed by atoms with Gasteiger partial charge in [-0.3, -0.25) is 9.48 Å². The molecule has 0 atom stereocenters. The Kier molecular flexibility index (Phi) is 2.32. The first-order chi connectivity index (χ1) is 8.28. The molecule has 1 heterocycles. The third-order valence-corrected chi connectivity index (χ3v) is 3.43. The van der Waals surface area contributed by atoms with E-state index in [0.29, 0.717) is 5.69 Å². The summed E-state index contributed by atoms with van der Waals surface area (Å²) in [6.07, 6.45) is 4.44. The molecule has 17 heavy (non-hydrogen) atoms. The number of benzene rings is 1. The van der Waals surface area contributed by atoms with E-state index >= 15 is 0 Å². The number of hydrogen-bond acceptors (Lipinski definition) is 2. The zero-order chi connectivity index (χ0) is 11.8. The van der Waals surface area contributed by atoms with Crippen molar-refractivity contribution in [2.24, 2.45) is 7.05 Å². The summed E-state index contributed by atoms with van der Waals surface area (Å²) in [6, 6.07) is 8.33. The summed E-state index contributed by atoms with van der Waals surface area (Å²) in [5.41, 5.74) is 5.49. The van der Waals surface area contributed by atoms with E-state index in [9.17, 15) is 4.79 Å². The Hall–Kier alpha value is -1.90.